The number of rotatable bonds is 5. The second-order valence-electron chi connectivity index (χ2n) is 8.01. The summed E-state index contributed by atoms with van der Waals surface area (Å²) >= 11 is 1.46. The van der Waals surface area contributed by atoms with Gasteiger partial charge in [0.05, 0.1) is 23.7 Å². The maximum Gasteiger partial charge on any atom is 0.264 e. The van der Waals surface area contributed by atoms with Crippen molar-refractivity contribution in [3.8, 4) is 5.75 Å². The van der Waals surface area contributed by atoms with Crippen molar-refractivity contribution in [2.45, 2.75) is 51.9 Å². The highest BCUT2D eigenvalue weighted by atomic mass is 32.2. The number of thiophene rings is 1. The highest BCUT2D eigenvalue weighted by molar-refractivity contribution is 7.88. The summed E-state index contributed by atoms with van der Waals surface area (Å²) in [5.41, 5.74) is 2.82. The highest BCUT2D eigenvalue weighted by Crippen LogP contribution is 2.33. The number of ether oxygens (including phenoxy) is 1. The fourth-order valence-electron chi connectivity index (χ4n) is 3.69. The average Bonchev–Trinajstić information content (AvgIpc) is 3.43. The number of benzene rings is 1. The molecule has 1 aliphatic heterocycles. The summed E-state index contributed by atoms with van der Waals surface area (Å²) in [5.74, 6) is 0.777. The van der Waals surface area contributed by atoms with E-state index in [0.29, 0.717) is 19.7 Å². The monoisotopic (exact) mass is 434 g/mol. The number of sulfonamides is 1. The zero-order valence-corrected chi connectivity index (χ0v) is 18.6. The molecule has 1 saturated carbocycles. The number of nitrogens with zero attached hydrogens (tertiary/aromatic N) is 2. The van der Waals surface area contributed by atoms with E-state index in [2.05, 4.69) is 0 Å². The third kappa shape index (κ3) is 4.34. The van der Waals surface area contributed by atoms with E-state index in [-0.39, 0.29) is 18.0 Å². The molecular formula is C21H26N2O4S2. The lowest BCUT2D eigenvalue weighted by atomic mass is 10.1. The van der Waals surface area contributed by atoms with Gasteiger partial charge in [0.15, 0.2) is 0 Å². The third-order valence-electron chi connectivity index (χ3n) is 5.51. The summed E-state index contributed by atoms with van der Waals surface area (Å²) < 4.78 is 31.8. The van der Waals surface area contributed by atoms with E-state index in [1.54, 1.807) is 4.31 Å². The zero-order chi connectivity index (χ0) is 20.8. The molecule has 1 aliphatic carbocycles. The van der Waals surface area contributed by atoms with Crippen molar-refractivity contribution >= 4 is 27.3 Å². The van der Waals surface area contributed by atoms with E-state index in [4.69, 9.17) is 4.74 Å². The molecule has 2 heterocycles. The summed E-state index contributed by atoms with van der Waals surface area (Å²) in [6, 6.07) is 7.81. The first-order valence-corrected chi connectivity index (χ1v) is 12.5. The van der Waals surface area contributed by atoms with Gasteiger partial charge in [-0.25, -0.2) is 8.42 Å². The Labute approximate surface area is 176 Å². The minimum absolute atomic E-state index is 0.0163. The van der Waals surface area contributed by atoms with Crippen molar-refractivity contribution in [1.82, 2.24) is 9.21 Å². The lowest BCUT2D eigenvalue weighted by molar-refractivity contribution is 0.0650. The van der Waals surface area contributed by atoms with Gasteiger partial charge in [0.25, 0.3) is 5.91 Å². The minimum atomic E-state index is -3.26. The predicted molar refractivity (Wildman–Crippen MR) is 114 cm³/mol. The number of carbonyl (C=O) groups excluding carboxylic acids is 1. The molecule has 0 saturated heterocycles. The molecule has 156 valence electrons. The molecule has 0 spiro atoms. The SMILES string of the molecule is Cc1ccsc1C(=O)N1Cc2cc(CN(C3CC3)S(C)(=O)=O)ccc2OC[C@@H]1C. The van der Waals surface area contributed by atoms with Crippen molar-refractivity contribution < 1.29 is 17.9 Å². The smallest absolute Gasteiger partial charge is 0.264 e. The lowest BCUT2D eigenvalue weighted by Crippen LogP contribution is -2.39. The van der Waals surface area contributed by atoms with Crippen LogP contribution in [0.25, 0.3) is 0 Å². The molecular weight excluding hydrogens is 408 g/mol. The van der Waals surface area contributed by atoms with Crippen LogP contribution in [0, 0.1) is 6.92 Å². The average molecular weight is 435 g/mol. The van der Waals surface area contributed by atoms with Gasteiger partial charge in [-0.3, -0.25) is 4.79 Å². The molecule has 0 unspecified atom stereocenters. The number of carbonyl (C=O) groups is 1. The molecule has 8 heteroatoms. The van der Waals surface area contributed by atoms with Crippen LogP contribution in [-0.2, 0) is 23.1 Å². The predicted octanol–water partition coefficient (Wildman–Crippen LogP) is 3.40. The summed E-state index contributed by atoms with van der Waals surface area (Å²) in [7, 11) is -3.26. The van der Waals surface area contributed by atoms with Crippen LogP contribution in [-0.4, -0.2) is 48.5 Å². The molecule has 29 heavy (non-hydrogen) atoms. The quantitative estimate of drug-likeness (QED) is 0.723. The molecule has 2 aliphatic rings. The standard InChI is InChI=1S/C21H26N2O4S2/c1-14-8-9-28-20(14)21(24)22-12-17-10-16(4-7-19(17)27-13-15(22)2)11-23(18-5-6-18)29(3,25)26/h4,7-10,15,18H,5-6,11-13H2,1-3H3/t15-/m0/s1. The lowest BCUT2D eigenvalue weighted by Gasteiger charge is -2.26. The van der Waals surface area contributed by atoms with Gasteiger partial charge in [0, 0.05) is 18.2 Å². The van der Waals surface area contributed by atoms with Crippen LogP contribution in [0.4, 0.5) is 0 Å². The molecule has 6 nitrogen and oxygen atoms in total. The topological polar surface area (TPSA) is 66.9 Å². The van der Waals surface area contributed by atoms with Gasteiger partial charge >= 0.3 is 0 Å². The molecule has 1 aromatic carbocycles. The van der Waals surface area contributed by atoms with Crippen molar-refractivity contribution in [2.75, 3.05) is 12.9 Å². The van der Waals surface area contributed by atoms with Gasteiger partial charge < -0.3 is 9.64 Å². The highest BCUT2D eigenvalue weighted by Gasteiger charge is 2.35. The number of aryl methyl sites for hydroxylation is 1. The summed E-state index contributed by atoms with van der Waals surface area (Å²) in [4.78, 5) is 15.7. The number of fused-ring (bicyclic) bond motifs is 1. The van der Waals surface area contributed by atoms with Crippen LogP contribution in [0.1, 0.15) is 46.1 Å². The van der Waals surface area contributed by atoms with Crippen LogP contribution < -0.4 is 4.74 Å². The Balaban J connectivity index is 1.60. The molecule has 1 fully saturated rings. The molecule has 0 radical (unpaired) electrons. The van der Waals surface area contributed by atoms with Gasteiger partial charge in [-0.05, 0) is 61.4 Å². The third-order valence-corrected chi connectivity index (χ3v) is 7.80. The fourth-order valence-corrected chi connectivity index (χ4v) is 5.71. The first-order chi connectivity index (χ1) is 13.7. The Morgan fingerprint density at radius 3 is 2.69 bits per heavy atom. The van der Waals surface area contributed by atoms with Crippen LogP contribution in [0.3, 0.4) is 0 Å². The van der Waals surface area contributed by atoms with Gasteiger partial charge in [0.2, 0.25) is 10.0 Å². The zero-order valence-electron chi connectivity index (χ0n) is 16.9. The minimum Gasteiger partial charge on any atom is -0.491 e. The van der Waals surface area contributed by atoms with E-state index >= 15 is 0 Å². The Bertz CT molecular complexity index is 1030. The Kier molecular flexibility index (Phi) is 5.44. The molecule has 1 atom stereocenters. The number of amides is 1. The summed E-state index contributed by atoms with van der Waals surface area (Å²) in [6.45, 7) is 5.17. The number of hydrogen-bond donors (Lipinski definition) is 0. The maximum atomic E-state index is 13.1. The molecule has 0 bridgehead atoms. The van der Waals surface area contributed by atoms with Crippen LogP contribution in [0.15, 0.2) is 29.6 Å². The maximum absolute atomic E-state index is 13.1. The molecule has 2 aromatic rings. The second-order valence-corrected chi connectivity index (χ2v) is 10.9. The van der Waals surface area contributed by atoms with Crippen molar-refractivity contribution in [1.29, 1.82) is 0 Å². The summed E-state index contributed by atoms with van der Waals surface area (Å²) in [6.07, 6.45) is 3.10. The van der Waals surface area contributed by atoms with Gasteiger partial charge in [-0.15, -0.1) is 11.3 Å². The Morgan fingerprint density at radius 1 is 1.31 bits per heavy atom. The number of hydrogen-bond acceptors (Lipinski definition) is 5. The molecule has 1 amide bonds. The van der Waals surface area contributed by atoms with E-state index in [9.17, 15) is 13.2 Å². The van der Waals surface area contributed by atoms with E-state index in [1.807, 2.05) is 48.4 Å². The Morgan fingerprint density at radius 2 is 2.07 bits per heavy atom. The normalized spacial score (nSPS) is 19.6. The Hall–Kier alpha value is -1.90. The van der Waals surface area contributed by atoms with E-state index in [1.165, 1.54) is 17.6 Å². The van der Waals surface area contributed by atoms with Crippen LogP contribution in [0.2, 0.25) is 0 Å². The van der Waals surface area contributed by atoms with Crippen LogP contribution >= 0.6 is 11.3 Å². The first-order valence-electron chi connectivity index (χ1n) is 9.80. The summed E-state index contributed by atoms with van der Waals surface area (Å²) in [5, 5.41) is 1.94. The molecule has 0 N–H and O–H groups in total. The van der Waals surface area contributed by atoms with Crippen molar-refractivity contribution in [3.05, 3.63) is 51.2 Å². The van der Waals surface area contributed by atoms with Crippen LogP contribution in [0.5, 0.6) is 5.75 Å². The largest absolute Gasteiger partial charge is 0.491 e. The van der Waals surface area contributed by atoms with Crippen molar-refractivity contribution in [2.24, 2.45) is 0 Å². The van der Waals surface area contributed by atoms with Gasteiger partial charge in [-0.1, -0.05) is 6.07 Å². The molecule has 4 rings (SSSR count). The van der Waals surface area contributed by atoms with E-state index in [0.717, 1.165) is 40.2 Å². The second kappa shape index (κ2) is 7.74. The van der Waals surface area contributed by atoms with Crippen molar-refractivity contribution in [3.63, 3.8) is 0 Å². The molecule has 1 aromatic heterocycles. The van der Waals surface area contributed by atoms with E-state index < -0.39 is 10.0 Å². The fraction of sp³-hybridized carbons (Fsp3) is 0.476. The van der Waals surface area contributed by atoms with Gasteiger partial charge in [0.1, 0.15) is 12.4 Å². The first kappa shape index (κ1) is 20.4. The van der Waals surface area contributed by atoms with Gasteiger partial charge in [-0.2, -0.15) is 4.31 Å².